The summed E-state index contributed by atoms with van der Waals surface area (Å²) < 4.78 is 27.0. The fourth-order valence-corrected chi connectivity index (χ4v) is 3.45. The summed E-state index contributed by atoms with van der Waals surface area (Å²) in [4.78, 5) is 13.6. The molecule has 1 aliphatic rings. The molecule has 0 fully saturated rings. The number of aliphatic imine (C=N–C) groups is 1. The minimum absolute atomic E-state index is 0. The van der Waals surface area contributed by atoms with Gasteiger partial charge in [0.25, 0.3) is 0 Å². The maximum atomic E-state index is 13.5. The molecule has 0 saturated heterocycles. The van der Waals surface area contributed by atoms with E-state index in [2.05, 4.69) is 27.2 Å². The molecule has 29 heavy (non-hydrogen) atoms. The van der Waals surface area contributed by atoms with Gasteiger partial charge in [0.05, 0.1) is 18.4 Å². The quantitative estimate of drug-likeness (QED) is 0.672. The van der Waals surface area contributed by atoms with Crippen LogP contribution in [0.5, 0.6) is 0 Å². The normalized spacial score (nSPS) is 14.7. The molecule has 0 saturated carbocycles. The van der Waals surface area contributed by atoms with Crippen LogP contribution in [-0.4, -0.2) is 22.3 Å². The van der Waals surface area contributed by atoms with E-state index in [4.69, 9.17) is 0 Å². The highest BCUT2D eigenvalue weighted by molar-refractivity contribution is 5.99. The molecule has 1 aliphatic heterocycles. The van der Waals surface area contributed by atoms with Gasteiger partial charge in [0.2, 0.25) is 0 Å². The zero-order valence-corrected chi connectivity index (χ0v) is 16.7. The summed E-state index contributed by atoms with van der Waals surface area (Å²) in [7, 11) is 0. The lowest BCUT2D eigenvalue weighted by molar-refractivity contribution is 0.519. The molecule has 0 radical (unpaired) electrons. The smallest absolute Gasteiger partial charge is 0.150 e. The monoisotopic (exact) mass is 414 g/mol. The van der Waals surface area contributed by atoms with Crippen molar-refractivity contribution in [2.75, 3.05) is 6.54 Å². The van der Waals surface area contributed by atoms with Gasteiger partial charge in [0.15, 0.2) is 0 Å². The van der Waals surface area contributed by atoms with Crippen LogP contribution in [0.2, 0.25) is 0 Å². The average Bonchev–Trinajstić information content (AvgIpc) is 3.16. The molecule has 4 nitrogen and oxygen atoms in total. The fraction of sp³-hybridized carbons (Fsp3) is 0.227. The molecule has 0 spiro atoms. The molecule has 3 aromatic rings. The van der Waals surface area contributed by atoms with Gasteiger partial charge in [-0.2, -0.15) is 0 Å². The van der Waals surface area contributed by atoms with Gasteiger partial charge in [-0.3, -0.25) is 9.98 Å². The first-order valence-corrected chi connectivity index (χ1v) is 9.27. The molecule has 1 aromatic heterocycles. The van der Waals surface area contributed by atoms with Crippen molar-refractivity contribution in [2.45, 2.75) is 25.3 Å². The number of nitrogens with zero attached hydrogens (tertiary/aromatic N) is 3. The molecule has 150 valence electrons. The minimum atomic E-state index is -0.722. The van der Waals surface area contributed by atoms with Crippen molar-refractivity contribution in [2.24, 2.45) is 4.99 Å². The third-order valence-corrected chi connectivity index (χ3v) is 4.93. The third kappa shape index (κ3) is 4.12. The highest BCUT2D eigenvalue weighted by atomic mass is 35.5. The number of halogens is 3. The molecule has 0 atom stereocenters. The zero-order chi connectivity index (χ0) is 19.6. The standard InChI is InChI=1S/C22H20F2N4.ClH/c1-2-3-19-12-26-20(13-25-19)21-27-14-22(28-21,15-4-8-17(23)9-5-15)16-6-10-18(24)11-7-16;/h4-13H,2-3,14H2,1H3,(H,27,28);1H. The Bertz CT molecular complexity index is 941. The van der Waals surface area contributed by atoms with Crippen LogP contribution in [0.4, 0.5) is 8.78 Å². The van der Waals surface area contributed by atoms with Crippen molar-refractivity contribution >= 4 is 18.2 Å². The lowest BCUT2D eigenvalue weighted by Crippen LogP contribution is -2.44. The number of aromatic nitrogens is 2. The largest absolute Gasteiger partial charge is 0.353 e. The number of hydrogen-bond donors (Lipinski definition) is 1. The van der Waals surface area contributed by atoms with Gasteiger partial charge in [-0.15, -0.1) is 12.4 Å². The number of rotatable bonds is 5. The van der Waals surface area contributed by atoms with Gasteiger partial charge in [-0.25, -0.2) is 13.8 Å². The summed E-state index contributed by atoms with van der Waals surface area (Å²) >= 11 is 0. The van der Waals surface area contributed by atoms with Gasteiger partial charge in [-0.1, -0.05) is 37.6 Å². The van der Waals surface area contributed by atoms with Crippen LogP contribution in [0, 0.1) is 11.6 Å². The maximum Gasteiger partial charge on any atom is 0.150 e. The fourth-order valence-electron chi connectivity index (χ4n) is 3.45. The Labute approximate surface area is 174 Å². The van der Waals surface area contributed by atoms with E-state index in [9.17, 15) is 8.78 Å². The highest BCUT2D eigenvalue weighted by Crippen LogP contribution is 2.34. The molecule has 1 N–H and O–H groups in total. The SMILES string of the molecule is CCCc1cnc(C2=NCC(c3ccc(F)cc3)(c3ccc(F)cc3)N2)cn1.Cl. The van der Waals surface area contributed by atoms with Crippen LogP contribution >= 0.6 is 12.4 Å². The Kier molecular flexibility index (Phi) is 6.23. The highest BCUT2D eigenvalue weighted by Gasteiger charge is 2.39. The summed E-state index contributed by atoms with van der Waals surface area (Å²) in [6, 6.07) is 12.6. The number of hydrogen-bond acceptors (Lipinski definition) is 4. The molecule has 7 heteroatoms. The summed E-state index contributed by atoms with van der Waals surface area (Å²) in [5, 5.41) is 3.45. The van der Waals surface area contributed by atoms with Gasteiger partial charge in [0, 0.05) is 6.20 Å². The number of benzene rings is 2. The van der Waals surface area contributed by atoms with Gasteiger partial charge >= 0.3 is 0 Å². The van der Waals surface area contributed by atoms with Gasteiger partial charge < -0.3 is 5.32 Å². The van der Waals surface area contributed by atoms with Crippen molar-refractivity contribution in [1.82, 2.24) is 15.3 Å². The van der Waals surface area contributed by atoms with E-state index in [0.717, 1.165) is 29.7 Å². The van der Waals surface area contributed by atoms with Crippen molar-refractivity contribution in [3.05, 3.63) is 95.1 Å². The minimum Gasteiger partial charge on any atom is -0.353 e. The van der Waals surface area contributed by atoms with Crippen LogP contribution in [0.3, 0.4) is 0 Å². The van der Waals surface area contributed by atoms with Crippen LogP contribution in [-0.2, 0) is 12.0 Å². The second-order valence-corrected chi connectivity index (χ2v) is 6.85. The van der Waals surface area contributed by atoms with Crippen LogP contribution in [0.1, 0.15) is 35.9 Å². The molecule has 4 rings (SSSR count). The lowest BCUT2D eigenvalue weighted by Gasteiger charge is -2.31. The Morgan fingerprint density at radius 3 is 1.97 bits per heavy atom. The first kappa shape index (κ1) is 20.9. The second kappa shape index (κ2) is 8.66. The Morgan fingerprint density at radius 2 is 1.48 bits per heavy atom. The predicted octanol–water partition coefficient (Wildman–Crippen LogP) is 4.42. The number of aryl methyl sites for hydroxylation is 1. The molecular weight excluding hydrogens is 394 g/mol. The van der Waals surface area contributed by atoms with E-state index < -0.39 is 5.54 Å². The van der Waals surface area contributed by atoms with Crippen LogP contribution < -0.4 is 5.32 Å². The zero-order valence-electron chi connectivity index (χ0n) is 15.9. The molecule has 0 aliphatic carbocycles. The Balaban J connectivity index is 0.00000240. The Morgan fingerprint density at radius 1 is 0.897 bits per heavy atom. The molecule has 0 bridgehead atoms. The summed E-state index contributed by atoms with van der Waals surface area (Å²) in [6.45, 7) is 2.48. The molecular formula is C22H21ClF2N4. The molecule has 0 amide bonds. The van der Waals surface area contributed by atoms with E-state index in [1.54, 1.807) is 36.7 Å². The molecule has 2 aromatic carbocycles. The van der Waals surface area contributed by atoms with E-state index >= 15 is 0 Å². The number of nitrogens with one attached hydrogen (secondary N) is 1. The molecule has 0 unspecified atom stereocenters. The lowest BCUT2D eigenvalue weighted by atomic mass is 9.83. The van der Waals surface area contributed by atoms with Crippen molar-refractivity contribution < 1.29 is 8.78 Å². The van der Waals surface area contributed by atoms with Crippen LogP contribution in [0.25, 0.3) is 0 Å². The predicted molar refractivity (Wildman–Crippen MR) is 111 cm³/mol. The third-order valence-electron chi connectivity index (χ3n) is 4.93. The molecule has 2 heterocycles. The average molecular weight is 415 g/mol. The van der Waals surface area contributed by atoms with Crippen molar-refractivity contribution in [3.63, 3.8) is 0 Å². The topological polar surface area (TPSA) is 50.2 Å². The second-order valence-electron chi connectivity index (χ2n) is 6.85. The summed E-state index contributed by atoms with van der Waals surface area (Å²) in [5.41, 5.74) is 2.55. The van der Waals surface area contributed by atoms with Gasteiger partial charge in [0.1, 0.15) is 28.7 Å². The number of amidine groups is 1. The maximum absolute atomic E-state index is 13.5. The Hall–Kier alpha value is -2.86. The van der Waals surface area contributed by atoms with Crippen molar-refractivity contribution in [3.8, 4) is 0 Å². The van der Waals surface area contributed by atoms with Crippen molar-refractivity contribution in [1.29, 1.82) is 0 Å². The van der Waals surface area contributed by atoms with E-state index in [-0.39, 0.29) is 24.0 Å². The summed E-state index contributed by atoms with van der Waals surface area (Å²) in [5.74, 6) is -0.00625. The van der Waals surface area contributed by atoms with E-state index in [1.807, 2.05) is 0 Å². The van der Waals surface area contributed by atoms with E-state index in [1.165, 1.54) is 24.3 Å². The first-order valence-electron chi connectivity index (χ1n) is 9.27. The summed E-state index contributed by atoms with van der Waals surface area (Å²) in [6.07, 6.45) is 5.36. The van der Waals surface area contributed by atoms with E-state index in [0.29, 0.717) is 18.1 Å². The first-order chi connectivity index (χ1) is 13.6. The van der Waals surface area contributed by atoms with Gasteiger partial charge in [-0.05, 0) is 41.8 Å². The van der Waals surface area contributed by atoms with Crippen LogP contribution in [0.15, 0.2) is 65.9 Å².